The summed E-state index contributed by atoms with van der Waals surface area (Å²) in [7, 11) is 1.56. The lowest BCUT2D eigenvalue weighted by atomic mass is 9.33. The van der Waals surface area contributed by atoms with E-state index in [2.05, 4.69) is 54.5 Å². The van der Waals surface area contributed by atoms with Crippen molar-refractivity contribution in [1.29, 1.82) is 0 Å². The second-order valence-electron chi connectivity index (χ2n) is 16.5. The van der Waals surface area contributed by atoms with Gasteiger partial charge < -0.3 is 14.2 Å². The number of hydrogen-bond acceptors (Lipinski definition) is 6. The van der Waals surface area contributed by atoms with Crippen molar-refractivity contribution in [2.24, 2.45) is 50.2 Å². The summed E-state index contributed by atoms with van der Waals surface area (Å²) in [6, 6.07) is 0. The Kier molecular flexibility index (Phi) is 6.08. The first-order valence-corrected chi connectivity index (χ1v) is 15.7. The van der Waals surface area contributed by atoms with Gasteiger partial charge in [0.05, 0.1) is 12.5 Å². The summed E-state index contributed by atoms with van der Waals surface area (Å²) in [6.07, 6.45) is 10.2. The molecule has 222 valence electrons. The van der Waals surface area contributed by atoms with Crippen molar-refractivity contribution in [1.82, 2.24) is 0 Å². The maximum absolute atomic E-state index is 13.5. The van der Waals surface area contributed by atoms with Gasteiger partial charge in [0.2, 0.25) is 0 Å². The van der Waals surface area contributed by atoms with E-state index in [0.29, 0.717) is 11.8 Å². The smallest absolute Gasteiger partial charge is 0.317 e. The standard InChI is InChI=1S/C34H50O6/c1-29(2)13-15-34(28(37)38-8)16-14-32(6)20(21(34)18-29)9-10-24-31(5)19-22-27(40-26(36)17-25(35)39-22)30(3,4)23(31)11-12-33(24,32)7/h9,21-24,27H,10-19H2,1-8H3/t21?,22?,23?,24?,27?,31-,32+,33+,34+/m0/s1. The summed E-state index contributed by atoms with van der Waals surface area (Å²) in [5.41, 5.74) is 0.991. The van der Waals surface area contributed by atoms with Crippen molar-refractivity contribution in [3.63, 3.8) is 0 Å². The van der Waals surface area contributed by atoms with Gasteiger partial charge in [0.25, 0.3) is 0 Å². The molecule has 40 heavy (non-hydrogen) atoms. The Morgan fingerprint density at radius 2 is 1.55 bits per heavy atom. The first-order valence-electron chi connectivity index (χ1n) is 15.7. The molecule has 1 heterocycles. The Balaban J connectivity index is 1.43. The third-order valence-electron chi connectivity index (χ3n) is 13.9. The molecule has 0 amide bonds. The van der Waals surface area contributed by atoms with Gasteiger partial charge in [-0.15, -0.1) is 0 Å². The number of ether oxygens (including phenoxy) is 3. The van der Waals surface area contributed by atoms with Crippen LogP contribution >= 0.6 is 0 Å². The minimum absolute atomic E-state index is 0.00685. The quantitative estimate of drug-likeness (QED) is 0.154. The van der Waals surface area contributed by atoms with Crippen molar-refractivity contribution in [2.75, 3.05) is 7.11 Å². The molecule has 6 rings (SSSR count). The Hall–Kier alpha value is -1.85. The van der Waals surface area contributed by atoms with E-state index < -0.39 is 29.6 Å². The molecule has 6 aliphatic rings. The van der Waals surface area contributed by atoms with Gasteiger partial charge in [0.15, 0.2) is 0 Å². The Morgan fingerprint density at radius 1 is 0.875 bits per heavy atom. The minimum Gasteiger partial charge on any atom is -0.469 e. The third-order valence-corrected chi connectivity index (χ3v) is 13.9. The van der Waals surface area contributed by atoms with Crippen molar-refractivity contribution in [3.05, 3.63) is 11.6 Å². The van der Waals surface area contributed by atoms with Crippen LogP contribution in [0.3, 0.4) is 0 Å². The van der Waals surface area contributed by atoms with Crippen molar-refractivity contribution < 1.29 is 28.6 Å². The van der Waals surface area contributed by atoms with Crippen molar-refractivity contribution >= 4 is 17.9 Å². The number of allylic oxidation sites excluding steroid dienone is 2. The molecule has 5 fully saturated rings. The molecule has 0 N–H and O–H groups in total. The topological polar surface area (TPSA) is 78.9 Å². The van der Waals surface area contributed by atoms with Crippen LogP contribution in [0.5, 0.6) is 0 Å². The molecule has 5 unspecified atom stereocenters. The summed E-state index contributed by atoms with van der Waals surface area (Å²) in [5, 5.41) is 0. The van der Waals surface area contributed by atoms with Gasteiger partial charge in [-0.25, -0.2) is 0 Å². The van der Waals surface area contributed by atoms with Crippen molar-refractivity contribution in [2.45, 2.75) is 125 Å². The van der Waals surface area contributed by atoms with E-state index in [4.69, 9.17) is 14.2 Å². The van der Waals surface area contributed by atoms with E-state index in [1.165, 1.54) is 5.57 Å². The molecule has 0 radical (unpaired) electrons. The zero-order chi connectivity index (χ0) is 29.1. The fourth-order valence-electron chi connectivity index (χ4n) is 11.7. The fraction of sp³-hybridized carbons (Fsp3) is 0.853. The lowest BCUT2D eigenvalue weighted by Gasteiger charge is -2.71. The van der Waals surface area contributed by atoms with Gasteiger partial charge in [0.1, 0.15) is 18.6 Å². The monoisotopic (exact) mass is 554 g/mol. The number of esters is 3. The van der Waals surface area contributed by atoms with E-state index in [9.17, 15) is 14.4 Å². The number of carbonyl (C=O) groups is 3. The van der Waals surface area contributed by atoms with Gasteiger partial charge in [-0.3, -0.25) is 14.4 Å². The molecule has 6 heteroatoms. The Bertz CT molecular complexity index is 1170. The highest BCUT2D eigenvalue weighted by atomic mass is 16.6. The average molecular weight is 555 g/mol. The summed E-state index contributed by atoms with van der Waals surface area (Å²) in [5.74, 6) is 0.0580. The zero-order valence-electron chi connectivity index (χ0n) is 26.0. The number of carbonyl (C=O) groups excluding carboxylic acids is 3. The average Bonchev–Trinajstić information content (AvgIpc) is 3.00. The predicted octanol–water partition coefficient (Wildman–Crippen LogP) is 6.80. The first kappa shape index (κ1) is 28.3. The summed E-state index contributed by atoms with van der Waals surface area (Å²) in [6.45, 7) is 16.6. The normalized spacial score (nSPS) is 48.8. The molecular formula is C34H50O6. The van der Waals surface area contributed by atoms with Gasteiger partial charge in [0, 0.05) is 5.41 Å². The molecule has 0 bridgehead atoms. The molecule has 5 aliphatic carbocycles. The molecule has 1 aliphatic heterocycles. The first-order chi connectivity index (χ1) is 18.5. The minimum atomic E-state index is -0.460. The summed E-state index contributed by atoms with van der Waals surface area (Å²) < 4.78 is 17.4. The Morgan fingerprint density at radius 3 is 2.25 bits per heavy atom. The molecule has 9 atom stereocenters. The summed E-state index contributed by atoms with van der Waals surface area (Å²) >= 11 is 0. The maximum Gasteiger partial charge on any atom is 0.317 e. The van der Waals surface area contributed by atoms with Crippen LogP contribution in [0.15, 0.2) is 11.6 Å². The van der Waals surface area contributed by atoms with Crippen LogP contribution in [0.2, 0.25) is 0 Å². The highest BCUT2D eigenvalue weighted by Crippen LogP contribution is 2.76. The number of rotatable bonds is 1. The lowest BCUT2D eigenvalue weighted by Crippen LogP contribution is -2.67. The molecule has 6 nitrogen and oxygen atoms in total. The lowest BCUT2D eigenvalue weighted by molar-refractivity contribution is -0.239. The predicted molar refractivity (Wildman–Crippen MR) is 151 cm³/mol. The number of fused-ring (bicyclic) bond motifs is 8. The van der Waals surface area contributed by atoms with E-state index >= 15 is 0 Å². The van der Waals surface area contributed by atoms with Gasteiger partial charge >= 0.3 is 17.9 Å². The Labute approximate surface area is 240 Å². The van der Waals surface area contributed by atoms with Gasteiger partial charge in [-0.2, -0.15) is 0 Å². The van der Waals surface area contributed by atoms with Gasteiger partial charge in [-0.1, -0.05) is 60.1 Å². The molecule has 1 saturated heterocycles. The van der Waals surface area contributed by atoms with E-state index in [-0.39, 0.29) is 45.4 Å². The molecule has 0 aromatic carbocycles. The van der Waals surface area contributed by atoms with Crippen LogP contribution < -0.4 is 0 Å². The van der Waals surface area contributed by atoms with Crippen LogP contribution in [0, 0.1) is 50.2 Å². The van der Waals surface area contributed by atoms with E-state index in [1.54, 1.807) is 7.11 Å². The van der Waals surface area contributed by atoms with Crippen LogP contribution in [0.25, 0.3) is 0 Å². The SMILES string of the molecule is COC(=O)[C@@]12CCC(C)(C)CC1C1=CCC3[C@@]4(C)CC5OC(=O)CC(=O)OC5C(C)(C)C4CC[C@@]3(C)[C@]1(C)CC2. The van der Waals surface area contributed by atoms with Crippen LogP contribution in [0.1, 0.15) is 113 Å². The number of methoxy groups -OCH3 is 1. The number of hydrogen-bond donors (Lipinski definition) is 0. The largest absolute Gasteiger partial charge is 0.469 e. The molecule has 0 aromatic heterocycles. The van der Waals surface area contributed by atoms with Crippen molar-refractivity contribution in [3.8, 4) is 0 Å². The highest BCUT2D eigenvalue weighted by Gasteiger charge is 2.71. The van der Waals surface area contributed by atoms with E-state index in [0.717, 1.165) is 57.8 Å². The molecule has 0 spiro atoms. The molecule has 0 aromatic rings. The van der Waals surface area contributed by atoms with Crippen LogP contribution in [-0.4, -0.2) is 37.2 Å². The second kappa shape index (κ2) is 8.60. The summed E-state index contributed by atoms with van der Waals surface area (Å²) in [4.78, 5) is 38.5. The molecule has 4 saturated carbocycles. The van der Waals surface area contributed by atoms with Gasteiger partial charge in [-0.05, 0) is 97.2 Å². The van der Waals surface area contributed by atoms with Crippen LogP contribution in [0.4, 0.5) is 0 Å². The highest BCUT2D eigenvalue weighted by molar-refractivity contribution is 5.92. The third kappa shape index (κ3) is 3.55. The maximum atomic E-state index is 13.5. The second-order valence-corrected chi connectivity index (χ2v) is 16.5. The van der Waals surface area contributed by atoms with E-state index in [1.807, 2.05) is 0 Å². The fourth-order valence-corrected chi connectivity index (χ4v) is 11.7. The zero-order valence-corrected chi connectivity index (χ0v) is 26.0. The van der Waals surface area contributed by atoms with Crippen LogP contribution in [-0.2, 0) is 28.6 Å². The molecular weight excluding hydrogens is 504 g/mol.